The second-order valence-electron chi connectivity index (χ2n) is 5.59. The van der Waals surface area contributed by atoms with Crippen LogP contribution in [0.2, 0.25) is 0 Å². The molecule has 2 bridgehead atoms. The monoisotopic (exact) mass is 152 g/mol. The van der Waals surface area contributed by atoms with Gasteiger partial charge in [-0.05, 0) is 48.9 Å². The third kappa shape index (κ3) is 0.947. The second kappa shape index (κ2) is 2.02. The van der Waals surface area contributed by atoms with Crippen molar-refractivity contribution >= 4 is 0 Å². The molecule has 3 rings (SSSR count). The zero-order valence-electron chi connectivity index (χ0n) is 8.11. The van der Waals surface area contributed by atoms with Crippen molar-refractivity contribution in [2.45, 2.75) is 52.9 Å². The summed E-state index contributed by atoms with van der Waals surface area (Å²) in [6, 6.07) is 0. The maximum Gasteiger partial charge on any atom is -0.0274 e. The molecule has 0 amide bonds. The highest BCUT2D eigenvalue weighted by atomic mass is 14.5. The molecule has 0 aliphatic heterocycles. The van der Waals surface area contributed by atoms with Crippen molar-refractivity contribution in [3.63, 3.8) is 0 Å². The van der Waals surface area contributed by atoms with Crippen LogP contribution >= 0.6 is 0 Å². The Bertz CT molecular complexity index is 159. The molecule has 0 saturated heterocycles. The van der Waals surface area contributed by atoms with Gasteiger partial charge >= 0.3 is 0 Å². The van der Waals surface area contributed by atoms with Gasteiger partial charge in [-0.25, -0.2) is 0 Å². The fraction of sp³-hybridized carbons (Fsp3) is 1.00. The summed E-state index contributed by atoms with van der Waals surface area (Å²) in [6.45, 7) is 7.44. The van der Waals surface area contributed by atoms with E-state index in [-0.39, 0.29) is 0 Å². The minimum absolute atomic E-state index is 0.633. The lowest BCUT2D eigenvalue weighted by Crippen LogP contribution is -2.45. The van der Waals surface area contributed by atoms with Gasteiger partial charge in [0, 0.05) is 0 Å². The molecule has 0 aromatic rings. The quantitative estimate of drug-likeness (QED) is 0.497. The van der Waals surface area contributed by atoms with Crippen LogP contribution in [-0.2, 0) is 0 Å². The summed E-state index contributed by atoms with van der Waals surface area (Å²) in [5.41, 5.74) is 1.32. The summed E-state index contributed by atoms with van der Waals surface area (Å²) in [6.07, 6.45) is 7.50. The van der Waals surface area contributed by atoms with Crippen LogP contribution < -0.4 is 0 Å². The lowest BCUT2D eigenvalue weighted by atomic mass is 9.49. The van der Waals surface area contributed by atoms with Crippen molar-refractivity contribution in [3.05, 3.63) is 0 Å². The van der Waals surface area contributed by atoms with Crippen molar-refractivity contribution in [1.29, 1.82) is 0 Å². The van der Waals surface area contributed by atoms with Gasteiger partial charge in [0.2, 0.25) is 0 Å². The molecule has 0 heterocycles. The molecule has 3 aliphatic carbocycles. The molecule has 64 valence electrons. The van der Waals surface area contributed by atoms with E-state index in [9.17, 15) is 0 Å². The summed E-state index contributed by atoms with van der Waals surface area (Å²) in [4.78, 5) is 0. The molecule has 0 N–H and O–H groups in total. The topological polar surface area (TPSA) is 0 Å². The summed E-state index contributed by atoms with van der Waals surface area (Å²) in [7, 11) is 0. The van der Waals surface area contributed by atoms with E-state index in [1.165, 1.54) is 32.1 Å². The highest BCUT2D eigenvalue weighted by Crippen LogP contribution is 2.59. The molecule has 0 aromatic heterocycles. The van der Waals surface area contributed by atoms with Crippen LogP contribution in [0.1, 0.15) is 52.9 Å². The molecule has 3 saturated carbocycles. The van der Waals surface area contributed by atoms with Crippen molar-refractivity contribution in [3.8, 4) is 0 Å². The van der Waals surface area contributed by atoms with Gasteiger partial charge in [-0.2, -0.15) is 0 Å². The number of fused-ring (bicyclic) bond motifs is 3. The third-order valence-corrected chi connectivity index (χ3v) is 4.64. The van der Waals surface area contributed by atoms with Gasteiger partial charge in [0.25, 0.3) is 0 Å². The molecular weight excluding hydrogens is 132 g/mol. The fourth-order valence-corrected chi connectivity index (χ4v) is 3.16. The molecule has 0 atom stereocenters. The number of rotatable bonds is 0. The molecule has 0 nitrogen and oxygen atoms in total. The number of hydrogen-bond donors (Lipinski definition) is 0. The molecule has 3 fully saturated rings. The van der Waals surface area contributed by atoms with Gasteiger partial charge in [-0.15, -0.1) is 0 Å². The maximum atomic E-state index is 2.50. The van der Waals surface area contributed by atoms with E-state index in [2.05, 4.69) is 20.8 Å². The van der Waals surface area contributed by atoms with E-state index in [1.807, 2.05) is 0 Å². The SMILES string of the molecule is CC1(C)CC2CCC1(C)CC2. The second-order valence-corrected chi connectivity index (χ2v) is 5.59. The summed E-state index contributed by atoms with van der Waals surface area (Å²) < 4.78 is 0. The molecule has 0 aromatic carbocycles. The van der Waals surface area contributed by atoms with Crippen LogP contribution in [0, 0.1) is 16.7 Å². The summed E-state index contributed by atoms with van der Waals surface area (Å²) in [5.74, 6) is 1.08. The molecule has 0 radical (unpaired) electrons. The van der Waals surface area contributed by atoms with Gasteiger partial charge in [0.15, 0.2) is 0 Å². The van der Waals surface area contributed by atoms with Crippen LogP contribution in [0.25, 0.3) is 0 Å². The minimum atomic E-state index is 0.633. The maximum absolute atomic E-state index is 2.50. The highest BCUT2D eigenvalue weighted by Gasteiger charge is 2.49. The first-order chi connectivity index (χ1) is 5.04. The standard InChI is InChI=1S/C11H20/c1-10(2)8-9-4-6-11(10,3)7-5-9/h9H,4-8H2,1-3H3. The van der Waals surface area contributed by atoms with Crippen LogP contribution in [0.5, 0.6) is 0 Å². The predicted molar refractivity (Wildman–Crippen MR) is 48.5 cm³/mol. The normalized spacial score (nSPS) is 47.7. The first-order valence-electron chi connectivity index (χ1n) is 5.04. The molecule has 11 heavy (non-hydrogen) atoms. The van der Waals surface area contributed by atoms with Crippen molar-refractivity contribution < 1.29 is 0 Å². The zero-order valence-corrected chi connectivity index (χ0v) is 8.11. The molecule has 0 heteroatoms. The van der Waals surface area contributed by atoms with Gasteiger partial charge in [-0.3, -0.25) is 0 Å². The van der Waals surface area contributed by atoms with Gasteiger partial charge < -0.3 is 0 Å². The summed E-state index contributed by atoms with van der Waals surface area (Å²) >= 11 is 0. The van der Waals surface area contributed by atoms with Gasteiger partial charge in [0.05, 0.1) is 0 Å². The minimum Gasteiger partial charge on any atom is -0.0594 e. The van der Waals surface area contributed by atoms with E-state index in [1.54, 1.807) is 0 Å². The smallest absolute Gasteiger partial charge is 0.0274 e. The molecular formula is C11H20. The summed E-state index contributed by atoms with van der Waals surface area (Å²) in [5, 5.41) is 0. The van der Waals surface area contributed by atoms with Crippen molar-refractivity contribution in [2.75, 3.05) is 0 Å². The van der Waals surface area contributed by atoms with E-state index < -0.39 is 0 Å². The Balaban J connectivity index is 2.27. The zero-order chi connectivity index (χ0) is 8.11. The Hall–Kier alpha value is 0. The van der Waals surface area contributed by atoms with Crippen LogP contribution in [-0.4, -0.2) is 0 Å². The first-order valence-corrected chi connectivity index (χ1v) is 5.04. The lowest BCUT2D eigenvalue weighted by Gasteiger charge is -2.56. The Morgan fingerprint density at radius 3 is 1.82 bits per heavy atom. The Kier molecular flexibility index (Phi) is 1.41. The first kappa shape index (κ1) is 7.64. The van der Waals surface area contributed by atoms with Crippen LogP contribution in [0.3, 0.4) is 0 Å². The van der Waals surface area contributed by atoms with Gasteiger partial charge in [-0.1, -0.05) is 20.8 Å². The van der Waals surface area contributed by atoms with Crippen LogP contribution in [0.4, 0.5) is 0 Å². The van der Waals surface area contributed by atoms with Crippen molar-refractivity contribution in [2.24, 2.45) is 16.7 Å². The third-order valence-electron chi connectivity index (χ3n) is 4.64. The van der Waals surface area contributed by atoms with Crippen molar-refractivity contribution in [1.82, 2.24) is 0 Å². The Morgan fingerprint density at radius 1 is 1.00 bits per heavy atom. The van der Waals surface area contributed by atoms with Gasteiger partial charge in [0.1, 0.15) is 0 Å². The Morgan fingerprint density at radius 2 is 1.55 bits per heavy atom. The molecule has 0 unspecified atom stereocenters. The van der Waals surface area contributed by atoms with Crippen LogP contribution in [0.15, 0.2) is 0 Å². The van der Waals surface area contributed by atoms with E-state index in [0.29, 0.717) is 10.8 Å². The predicted octanol–water partition coefficient (Wildman–Crippen LogP) is 3.61. The Labute approximate surface area is 70.4 Å². The van der Waals surface area contributed by atoms with E-state index in [4.69, 9.17) is 0 Å². The van der Waals surface area contributed by atoms with E-state index >= 15 is 0 Å². The molecule has 0 spiro atoms. The lowest BCUT2D eigenvalue weighted by molar-refractivity contribution is -0.0524. The molecule has 3 aliphatic rings. The number of hydrogen-bond acceptors (Lipinski definition) is 0. The average Bonchev–Trinajstić information content (AvgIpc) is 1.91. The largest absolute Gasteiger partial charge is 0.0594 e. The average molecular weight is 152 g/mol. The highest BCUT2D eigenvalue weighted by molar-refractivity contribution is 4.99. The van der Waals surface area contributed by atoms with E-state index in [0.717, 1.165) is 5.92 Å². The fourth-order valence-electron chi connectivity index (χ4n) is 3.16.